The van der Waals surface area contributed by atoms with Crippen molar-refractivity contribution >= 4 is 17.5 Å². The van der Waals surface area contributed by atoms with Gasteiger partial charge in [0, 0.05) is 23.7 Å². The fourth-order valence-corrected chi connectivity index (χ4v) is 8.28. The molecule has 1 unspecified atom stereocenters. The van der Waals surface area contributed by atoms with Gasteiger partial charge in [0.05, 0.1) is 12.2 Å². The average Bonchev–Trinajstić information content (AvgIpc) is 3.25. The number of ketones is 2. The Morgan fingerprint density at radius 2 is 2.06 bits per heavy atom. The second-order valence-electron chi connectivity index (χ2n) is 11.3. The first-order chi connectivity index (χ1) is 16.1. The maximum absolute atomic E-state index is 13.7. The van der Waals surface area contributed by atoms with Crippen LogP contribution in [-0.4, -0.2) is 53.3 Å². The molecule has 0 amide bonds. The maximum atomic E-state index is 13.7. The summed E-state index contributed by atoms with van der Waals surface area (Å²) in [5.74, 6) is -0.538. The number of hydrogen-bond acceptors (Lipinski definition) is 7. The molecular weight excluding hydrogens is 436 g/mol. The van der Waals surface area contributed by atoms with Crippen molar-refractivity contribution in [3.05, 3.63) is 23.8 Å². The SMILES string of the molecule is CCCC1O[C@H]2C[C@@H]3[C@@H]4CCC5=CC(=O)C=C[C@]5(C)[C@@H]4[C@@H](O)C[C@]3(C)[C@@]2(C(=O)COC(C)=O)O1. The lowest BCUT2D eigenvalue weighted by atomic mass is 9.46. The Morgan fingerprint density at radius 1 is 1.29 bits per heavy atom. The molecule has 0 aromatic carbocycles. The Morgan fingerprint density at radius 3 is 2.76 bits per heavy atom. The molecule has 1 saturated heterocycles. The fourth-order valence-electron chi connectivity index (χ4n) is 8.28. The Kier molecular flexibility index (Phi) is 5.69. The number of aliphatic hydroxyl groups is 1. The van der Waals surface area contributed by atoms with Crippen molar-refractivity contribution < 1.29 is 33.7 Å². The van der Waals surface area contributed by atoms with Crippen LogP contribution < -0.4 is 0 Å². The summed E-state index contributed by atoms with van der Waals surface area (Å²) in [5.41, 5.74) is -1.17. The highest BCUT2D eigenvalue weighted by molar-refractivity contribution is 6.01. The van der Waals surface area contributed by atoms with Gasteiger partial charge in [0.15, 0.2) is 24.3 Å². The summed E-state index contributed by atoms with van der Waals surface area (Å²) >= 11 is 0. The normalized spacial score (nSPS) is 46.7. The lowest BCUT2D eigenvalue weighted by Crippen LogP contribution is -2.63. The van der Waals surface area contributed by atoms with Crippen molar-refractivity contribution in [3.8, 4) is 0 Å². The minimum absolute atomic E-state index is 0.00949. The molecule has 0 spiro atoms. The Balaban J connectivity index is 1.53. The highest BCUT2D eigenvalue weighted by atomic mass is 16.7. The van der Waals surface area contributed by atoms with Crippen molar-refractivity contribution in [1.82, 2.24) is 0 Å². The molecule has 7 nitrogen and oxygen atoms in total. The van der Waals surface area contributed by atoms with E-state index in [1.54, 1.807) is 12.2 Å². The minimum atomic E-state index is -1.24. The molecule has 4 fully saturated rings. The van der Waals surface area contributed by atoms with Crippen molar-refractivity contribution in [3.63, 3.8) is 0 Å². The van der Waals surface area contributed by atoms with E-state index >= 15 is 0 Å². The zero-order valence-electron chi connectivity index (χ0n) is 20.5. The number of aliphatic hydroxyl groups excluding tert-OH is 1. The van der Waals surface area contributed by atoms with Crippen LogP contribution in [0.1, 0.15) is 66.2 Å². The van der Waals surface area contributed by atoms with Crippen LogP contribution in [0.5, 0.6) is 0 Å². The van der Waals surface area contributed by atoms with Crippen molar-refractivity contribution in [2.45, 2.75) is 90.3 Å². The summed E-state index contributed by atoms with van der Waals surface area (Å²) < 4.78 is 18.0. The summed E-state index contributed by atoms with van der Waals surface area (Å²) in [4.78, 5) is 37.3. The first kappa shape index (κ1) is 23.9. The predicted octanol–water partition coefficient (Wildman–Crippen LogP) is 3.29. The number of carbonyl (C=O) groups excluding carboxylic acids is 3. The summed E-state index contributed by atoms with van der Waals surface area (Å²) in [7, 11) is 0. The summed E-state index contributed by atoms with van der Waals surface area (Å²) in [6, 6.07) is 0. The third kappa shape index (κ3) is 3.16. The molecule has 0 aromatic rings. The van der Waals surface area contributed by atoms with Crippen LogP contribution >= 0.6 is 0 Å². The van der Waals surface area contributed by atoms with Gasteiger partial charge in [0.2, 0.25) is 5.78 Å². The van der Waals surface area contributed by atoms with E-state index in [4.69, 9.17) is 14.2 Å². The van der Waals surface area contributed by atoms with Crippen molar-refractivity contribution in [2.75, 3.05) is 6.61 Å². The van der Waals surface area contributed by atoms with E-state index < -0.39 is 35.5 Å². The lowest BCUT2D eigenvalue weighted by molar-refractivity contribution is -0.201. The zero-order valence-corrected chi connectivity index (χ0v) is 20.5. The monoisotopic (exact) mass is 472 g/mol. The molecule has 5 rings (SSSR count). The Hall–Kier alpha value is -1.83. The number of allylic oxidation sites excluding steroid dienone is 4. The highest BCUT2D eigenvalue weighted by Crippen LogP contribution is 2.69. The average molecular weight is 473 g/mol. The standard InChI is InChI=1S/C27H36O7/c1-5-6-23-33-22-12-19-18-8-7-16-11-17(29)9-10-25(16,3)24(18)20(30)13-26(19,4)27(22,34-23)21(31)14-32-15(2)28/h9-11,18-20,22-24,30H,5-8,12-14H2,1-4H3/t18-,19+,20-,22-,23?,24-,25-,26-,27-/m0/s1. The number of fused-ring (bicyclic) bond motifs is 7. The van der Waals surface area contributed by atoms with Gasteiger partial charge in [-0.1, -0.05) is 38.8 Å². The number of ether oxygens (including phenoxy) is 3. The second-order valence-corrected chi connectivity index (χ2v) is 11.3. The molecule has 0 radical (unpaired) electrons. The van der Waals surface area contributed by atoms with Gasteiger partial charge in [0.1, 0.15) is 0 Å². The van der Waals surface area contributed by atoms with Gasteiger partial charge in [-0.15, -0.1) is 0 Å². The molecule has 186 valence electrons. The van der Waals surface area contributed by atoms with Crippen LogP contribution in [0.4, 0.5) is 0 Å². The number of rotatable bonds is 5. The van der Waals surface area contributed by atoms with Gasteiger partial charge in [0.25, 0.3) is 0 Å². The van der Waals surface area contributed by atoms with Crippen molar-refractivity contribution in [1.29, 1.82) is 0 Å². The lowest BCUT2D eigenvalue weighted by Gasteiger charge is -2.59. The molecule has 1 aliphatic heterocycles. The van der Waals surface area contributed by atoms with Crippen LogP contribution in [0, 0.1) is 28.6 Å². The van der Waals surface area contributed by atoms with Crippen molar-refractivity contribution in [2.24, 2.45) is 28.6 Å². The Bertz CT molecular complexity index is 968. The van der Waals surface area contributed by atoms with Crippen LogP contribution in [0.2, 0.25) is 0 Å². The number of esters is 1. The van der Waals surface area contributed by atoms with E-state index in [1.165, 1.54) is 6.92 Å². The number of carbonyl (C=O) groups is 3. The Labute approximate surface area is 200 Å². The summed E-state index contributed by atoms with van der Waals surface area (Å²) in [5, 5.41) is 11.7. The first-order valence-corrected chi connectivity index (χ1v) is 12.7. The van der Waals surface area contributed by atoms with Gasteiger partial charge in [-0.3, -0.25) is 14.4 Å². The molecule has 0 aromatic heterocycles. The highest BCUT2D eigenvalue weighted by Gasteiger charge is 2.75. The third-order valence-corrected chi connectivity index (χ3v) is 9.63. The van der Waals surface area contributed by atoms with E-state index in [-0.39, 0.29) is 41.3 Å². The van der Waals surface area contributed by atoms with E-state index in [0.29, 0.717) is 19.3 Å². The topological polar surface area (TPSA) is 99.1 Å². The van der Waals surface area contributed by atoms with Crippen LogP contribution in [-0.2, 0) is 28.6 Å². The van der Waals surface area contributed by atoms with Crippen LogP contribution in [0.25, 0.3) is 0 Å². The van der Waals surface area contributed by atoms with Gasteiger partial charge in [-0.25, -0.2) is 0 Å². The van der Waals surface area contributed by atoms with E-state index in [9.17, 15) is 19.5 Å². The van der Waals surface area contributed by atoms with Gasteiger partial charge in [-0.05, 0) is 56.1 Å². The molecule has 5 aliphatic rings. The predicted molar refractivity (Wildman–Crippen MR) is 122 cm³/mol. The fraction of sp³-hybridized carbons (Fsp3) is 0.741. The number of Topliss-reactive ketones (excluding diaryl/α,β-unsaturated/α-hetero) is 1. The molecule has 34 heavy (non-hydrogen) atoms. The largest absolute Gasteiger partial charge is 0.458 e. The smallest absolute Gasteiger partial charge is 0.303 e. The quantitative estimate of drug-likeness (QED) is 0.613. The molecule has 9 atom stereocenters. The van der Waals surface area contributed by atoms with Gasteiger partial charge < -0.3 is 19.3 Å². The molecule has 7 heteroatoms. The van der Waals surface area contributed by atoms with E-state index in [0.717, 1.165) is 24.8 Å². The third-order valence-electron chi connectivity index (χ3n) is 9.63. The summed E-state index contributed by atoms with van der Waals surface area (Å²) in [6.45, 7) is 7.18. The van der Waals surface area contributed by atoms with Crippen LogP contribution in [0.3, 0.4) is 0 Å². The molecule has 0 bridgehead atoms. The molecular formula is C27H36O7. The van der Waals surface area contributed by atoms with E-state index in [2.05, 4.69) is 13.8 Å². The maximum Gasteiger partial charge on any atom is 0.303 e. The molecule has 1 N–H and O–H groups in total. The van der Waals surface area contributed by atoms with Gasteiger partial charge >= 0.3 is 5.97 Å². The zero-order chi connectivity index (χ0) is 24.5. The van der Waals surface area contributed by atoms with Crippen LogP contribution in [0.15, 0.2) is 23.8 Å². The first-order valence-electron chi connectivity index (χ1n) is 12.7. The number of hydrogen-bond donors (Lipinski definition) is 1. The molecule has 4 aliphatic carbocycles. The molecule has 1 heterocycles. The van der Waals surface area contributed by atoms with Gasteiger partial charge in [-0.2, -0.15) is 0 Å². The minimum Gasteiger partial charge on any atom is -0.458 e. The van der Waals surface area contributed by atoms with E-state index in [1.807, 2.05) is 13.0 Å². The second kappa shape index (κ2) is 8.10. The summed E-state index contributed by atoms with van der Waals surface area (Å²) in [6.07, 6.45) is 8.04. The molecule has 3 saturated carbocycles.